The smallest absolute Gasteiger partial charge is 0.160 e. The molecule has 0 unspecified atom stereocenters. The van der Waals surface area contributed by atoms with Gasteiger partial charge < -0.3 is 4.57 Å². The fourth-order valence-corrected chi connectivity index (χ4v) is 2.75. The molecule has 108 valence electrons. The third-order valence-electron chi connectivity index (χ3n) is 3.82. The van der Waals surface area contributed by atoms with Crippen LogP contribution in [-0.4, -0.2) is 20.4 Å². The zero-order valence-electron chi connectivity index (χ0n) is 12.3. The van der Waals surface area contributed by atoms with Gasteiger partial charge in [0.2, 0.25) is 0 Å². The minimum absolute atomic E-state index is 0.566. The highest BCUT2D eigenvalue weighted by Crippen LogP contribution is 2.20. The van der Waals surface area contributed by atoms with Crippen LogP contribution in [0.15, 0.2) is 36.5 Å². The Morgan fingerprint density at radius 1 is 1.10 bits per heavy atom. The maximum Gasteiger partial charge on any atom is 0.160 e. The first-order valence-corrected chi connectivity index (χ1v) is 7.65. The average molecular weight is 300 g/mol. The number of alkyl halides is 1. The van der Waals surface area contributed by atoms with Crippen molar-refractivity contribution in [3.8, 4) is 0 Å². The van der Waals surface area contributed by atoms with E-state index in [1.165, 1.54) is 11.1 Å². The van der Waals surface area contributed by atoms with Gasteiger partial charge in [0.05, 0.1) is 6.54 Å². The van der Waals surface area contributed by atoms with Gasteiger partial charge in [-0.05, 0) is 36.6 Å². The van der Waals surface area contributed by atoms with Crippen LogP contribution in [0.1, 0.15) is 22.5 Å². The fraction of sp³-hybridized carbons (Fsp3) is 0.294. The lowest BCUT2D eigenvalue weighted by molar-refractivity contribution is 0.744. The maximum atomic E-state index is 5.94. The summed E-state index contributed by atoms with van der Waals surface area (Å²) in [6, 6.07) is 10.4. The highest BCUT2D eigenvalue weighted by molar-refractivity contribution is 6.17. The summed E-state index contributed by atoms with van der Waals surface area (Å²) in [5.74, 6) is 1.57. The van der Waals surface area contributed by atoms with Gasteiger partial charge in [0.15, 0.2) is 5.65 Å². The summed E-state index contributed by atoms with van der Waals surface area (Å²) in [6.45, 7) is 4.99. The summed E-state index contributed by atoms with van der Waals surface area (Å²) in [4.78, 5) is 9.27. The number of benzene rings is 1. The van der Waals surface area contributed by atoms with E-state index < -0.39 is 0 Å². The zero-order valence-corrected chi connectivity index (χ0v) is 13.1. The van der Waals surface area contributed by atoms with Crippen LogP contribution in [0.25, 0.3) is 11.2 Å². The standard InChI is InChI=1S/C17H18ClN3/c1-12-5-3-4-6-14(12)11-21-15(7-9-18)20-16-13(2)8-10-19-17(16)21/h3-6,8,10H,7,9,11H2,1-2H3. The van der Waals surface area contributed by atoms with Gasteiger partial charge in [-0.3, -0.25) is 0 Å². The predicted octanol–water partition coefficient (Wildman–Crippen LogP) is 3.88. The largest absolute Gasteiger partial charge is 0.308 e. The van der Waals surface area contributed by atoms with Gasteiger partial charge in [-0.1, -0.05) is 24.3 Å². The van der Waals surface area contributed by atoms with Crippen molar-refractivity contribution < 1.29 is 0 Å². The number of aryl methyl sites for hydroxylation is 3. The average Bonchev–Trinajstić information content (AvgIpc) is 2.82. The highest BCUT2D eigenvalue weighted by Gasteiger charge is 2.13. The Morgan fingerprint density at radius 3 is 2.67 bits per heavy atom. The van der Waals surface area contributed by atoms with Gasteiger partial charge in [0.1, 0.15) is 11.3 Å². The monoisotopic (exact) mass is 299 g/mol. The summed E-state index contributed by atoms with van der Waals surface area (Å²) in [7, 11) is 0. The fourth-order valence-electron chi connectivity index (χ4n) is 2.58. The Balaban J connectivity index is 2.13. The molecular weight excluding hydrogens is 282 g/mol. The van der Waals surface area contributed by atoms with E-state index in [-0.39, 0.29) is 0 Å². The molecule has 3 aromatic rings. The Labute approximate surface area is 129 Å². The van der Waals surface area contributed by atoms with Crippen LogP contribution in [0.4, 0.5) is 0 Å². The van der Waals surface area contributed by atoms with Crippen LogP contribution in [0.3, 0.4) is 0 Å². The van der Waals surface area contributed by atoms with E-state index >= 15 is 0 Å². The Hall–Kier alpha value is -1.87. The van der Waals surface area contributed by atoms with Gasteiger partial charge in [0, 0.05) is 18.5 Å². The SMILES string of the molecule is Cc1ccccc1Cn1c(CCCl)nc2c(C)ccnc21. The van der Waals surface area contributed by atoms with Crippen molar-refractivity contribution >= 4 is 22.8 Å². The molecule has 0 amide bonds. The van der Waals surface area contributed by atoms with Gasteiger partial charge in [0.25, 0.3) is 0 Å². The zero-order chi connectivity index (χ0) is 14.8. The molecule has 2 aromatic heterocycles. The van der Waals surface area contributed by atoms with E-state index in [9.17, 15) is 0 Å². The van der Waals surface area contributed by atoms with Crippen molar-refractivity contribution in [3.63, 3.8) is 0 Å². The summed E-state index contributed by atoms with van der Waals surface area (Å²) in [5.41, 5.74) is 5.64. The Morgan fingerprint density at radius 2 is 1.90 bits per heavy atom. The molecule has 1 aromatic carbocycles. The maximum absolute atomic E-state index is 5.94. The summed E-state index contributed by atoms with van der Waals surface area (Å²) >= 11 is 5.94. The molecule has 0 atom stereocenters. The normalized spacial score (nSPS) is 11.2. The number of fused-ring (bicyclic) bond motifs is 1. The lowest BCUT2D eigenvalue weighted by Gasteiger charge is -2.10. The van der Waals surface area contributed by atoms with Crippen molar-refractivity contribution in [2.24, 2.45) is 0 Å². The Bertz CT molecular complexity index is 777. The number of halogens is 1. The van der Waals surface area contributed by atoms with Crippen LogP contribution in [0.2, 0.25) is 0 Å². The molecule has 0 N–H and O–H groups in total. The van der Waals surface area contributed by atoms with E-state index in [1.54, 1.807) is 0 Å². The van der Waals surface area contributed by atoms with Crippen LogP contribution in [0, 0.1) is 13.8 Å². The summed E-state index contributed by atoms with van der Waals surface area (Å²) in [6.07, 6.45) is 2.60. The van der Waals surface area contributed by atoms with Crippen molar-refractivity contribution in [3.05, 3.63) is 59.0 Å². The van der Waals surface area contributed by atoms with E-state index in [0.717, 1.165) is 35.5 Å². The molecule has 2 heterocycles. The first-order chi connectivity index (χ1) is 10.2. The molecule has 0 fully saturated rings. The minimum Gasteiger partial charge on any atom is -0.308 e. The number of hydrogen-bond acceptors (Lipinski definition) is 2. The molecule has 3 rings (SSSR count). The van der Waals surface area contributed by atoms with E-state index in [2.05, 4.69) is 47.7 Å². The number of imidazole rings is 1. The predicted molar refractivity (Wildman–Crippen MR) is 87.0 cm³/mol. The molecule has 21 heavy (non-hydrogen) atoms. The summed E-state index contributed by atoms with van der Waals surface area (Å²) in [5, 5.41) is 0. The number of hydrogen-bond donors (Lipinski definition) is 0. The third kappa shape index (κ3) is 2.66. The lowest BCUT2D eigenvalue weighted by Crippen LogP contribution is -2.07. The van der Waals surface area contributed by atoms with E-state index in [4.69, 9.17) is 16.6 Å². The molecule has 0 saturated carbocycles. The molecule has 0 bridgehead atoms. The van der Waals surface area contributed by atoms with Gasteiger partial charge in [-0.25, -0.2) is 9.97 Å². The van der Waals surface area contributed by atoms with Crippen LogP contribution < -0.4 is 0 Å². The second-order valence-corrected chi connectivity index (χ2v) is 5.66. The topological polar surface area (TPSA) is 30.7 Å². The van der Waals surface area contributed by atoms with E-state index in [0.29, 0.717) is 5.88 Å². The molecule has 0 spiro atoms. The first-order valence-electron chi connectivity index (χ1n) is 7.12. The minimum atomic E-state index is 0.566. The molecule has 4 heteroatoms. The van der Waals surface area contributed by atoms with Crippen molar-refractivity contribution in [2.45, 2.75) is 26.8 Å². The summed E-state index contributed by atoms with van der Waals surface area (Å²) < 4.78 is 2.19. The van der Waals surface area contributed by atoms with Gasteiger partial charge in [-0.15, -0.1) is 11.6 Å². The molecule has 0 saturated heterocycles. The van der Waals surface area contributed by atoms with E-state index in [1.807, 2.05) is 12.3 Å². The Kier molecular flexibility index (Phi) is 3.93. The van der Waals surface area contributed by atoms with Crippen LogP contribution in [-0.2, 0) is 13.0 Å². The molecule has 3 nitrogen and oxygen atoms in total. The van der Waals surface area contributed by atoms with Gasteiger partial charge in [-0.2, -0.15) is 0 Å². The quantitative estimate of drug-likeness (QED) is 0.685. The second-order valence-electron chi connectivity index (χ2n) is 5.28. The number of rotatable bonds is 4. The highest BCUT2D eigenvalue weighted by atomic mass is 35.5. The first kappa shape index (κ1) is 14.1. The molecule has 0 aliphatic rings. The number of pyridine rings is 1. The molecule has 0 aliphatic heterocycles. The van der Waals surface area contributed by atoms with Gasteiger partial charge >= 0.3 is 0 Å². The third-order valence-corrected chi connectivity index (χ3v) is 4.01. The molecular formula is C17H18ClN3. The van der Waals surface area contributed by atoms with Crippen LogP contribution in [0.5, 0.6) is 0 Å². The van der Waals surface area contributed by atoms with Crippen molar-refractivity contribution in [1.82, 2.24) is 14.5 Å². The van der Waals surface area contributed by atoms with Crippen molar-refractivity contribution in [1.29, 1.82) is 0 Å². The molecule has 0 aliphatic carbocycles. The van der Waals surface area contributed by atoms with Crippen molar-refractivity contribution in [2.75, 3.05) is 5.88 Å². The second kappa shape index (κ2) is 5.86. The number of aromatic nitrogens is 3. The number of nitrogens with zero attached hydrogens (tertiary/aromatic N) is 3. The molecule has 0 radical (unpaired) electrons. The lowest BCUT2D eigenvalue weighted by atomic mass is 10.1. The van der Waals surface area contributed by atoms with Crippen LogP contribution >= 0.6 is 11.6 Å².